The lowest BCUT2D eigenvalue weighted by Crippen LogP contribution is -2.56. The summed E-state index contributed by atoms with van der Waals surface area (Å²) in [5, 5.41) is 10.0. The molecule has 1 aromatic heterocycles. The first kappa shape index (κ1) is 10.9. The molecule has 2 heterocycles. The average Bonchev–Trinajstić information content (AvgIpc) is 2.30. The van der Waals surface area contributed by atoms with Gasteiger partial charge in [-0.05, 0) is 25.0 Å². The van der Waals surface area contributed by atoms with E-state index in [9.17, 15) is 9.90 Å². The SMILES string of the molecule is NC(=O)[C@]1(O)CCCN(c2ccccn2)C1. The van der Waals surface area contributed by atoms with E-state index in [1.54, 1.807) is 6.20 Å². The number of anilines is 1. The van der Waals surface area contributed by atoms with E-state index in [1.165, 1.54) is 0 Å². The first-order valence-corrected chi connectivity index (χ1v) is 5.30. The monoisotopic (exact) mass is 221 g/mol. The number of nitrogens with two attached hydrogens (primary N) is 1. The number of rotatable bonds is 2. The topological polar surface area (TPSA) is 79.5 Å². The number of aromatic nitrogens is 1. The predicted molar refractivity (Wildman–Crippen MR) is 59.8 cm³/mol. The Morgan fingerprint density at radius 2 is 2.38 bits per heavy atom. The first-order valence-electron chi connectivity index (χ1n) is 5.30. The predicted octanol–water partition coefficient (Wildman–Crippen LogP) is -0.102. The fourth-order valence-electron chi connectivity index (χ4n) is 1.97. The van der Waals surface area contributed by atoms with Crippen LogP contribution in [0.5, 0.6) is 0 Å². The highest BCUT2D eigenvalue weighted by Crippen LogP contribution is 2.24. The summed E-state index contributed by atoms with van der Waals surface area (Å²) in [7, 11) is 0. The molecule has 2 rings (SSSR count). The molecule has 1 aromatic rings. The van der Waals surface area contributed by atoms with E-state index in [2.05, 4.69) is 4.98 Å². The van der Waals surface area contributed by atoms with Crippen LogP contribution in [0.4, 0.5) is 5.82 Å². The number of carbonyl (C=O) groups excluding carboxylic acids is 1. The molecular formula is C11H15N3O2. The molecule has 1 aliphatic heterocycles. The van der Waals surface area contributed by atoms with Crippen LogP contribution in [-0.2, 0) is 4.79 Å². The summed E-state index contributed by atoms with van der Waals surface area (Å²) in [5.74, 6) is 0.106. The maximum atomic E-state index is 11.2. The van der Waals surface area contributed by atoms with Gasteiger partial charge in [-0.1, -0.05) is 6.07 Å². The molecular weight excluding hydrogens is 206 g/mol. The van der Waals surface area contributed by atoms with Crippen LogP contribution in [-0.4, -0.2) is 34.7 Å². The number of piperidine rings is 1. The van der Waals surface area contributed by atoms with Crippen molar-refractivity contribution in [2.75, 3.05) is 18.0 Å². The average molecular weight is 221 g/mol. The number of pyridine rings is 1. The summed E-state index contributed by atoms with van der Waals surface area (Å²) in [4.78, 5) is 17.3. The van der Waals surface area contributed by atoms with Gasteiger partial charge in [0.15, 0.2) is 5.60 Å². The largest absolute Gasteiger partial charge is 0.378 e. The number of aliphatic hydroxyl groups is 1. The maximum absolute atomic E-state index is 11.2. The van der Waals surface area contributed by atoms with Crippen LogP contribution in [0, 0.1) is 0 Å². The molecule has 16 heavy (non-hydrogen) atoms. The van der Waals surface area contributed by atoms with Crippen LogP contribution in [0.2, 0.25) is 0 Å². The Balaban J connectivity index is 2.17. The van der Waals surface area contributed by atoms with Crippen molar-refractivity contribution in [1.82, 2.24) is 4.98 Å². The van der Waals surface area contributed by atoms with E-state index in [-0.39, 0.29) is 6.54 Å². The lowest BCUT2D eigenvalue weighted by Gasteiger charge is -2.37. The quantitative estimate of drug-likeness (QED) is 0.730. The molecule has 0 spiro atoms. The Labute approximate surface area is 93.9 Å². The number of β-amino-alcohol motifs (C(OH)–C–C–N with tert-alkyl or cyclic N) is 1. The van der Waals surface area contributed by atoms with E-state index < -0.39 is 11.5 Å². The second-order valence-electron chi connectivity index (χ2n) is 4.11. The molecule has 1 aliphatic rings. The van der Waals surface area contributed by atoms with E-state index in [1.807, 2.05) is 23.1 Å². The van der Waals surface area contributed by atoms with Crippen molar-refractivity contribution in [3.63, 3.8) is 0 Å². The van der Waals surface area contributed by atoms with Crippen LogP contribution in [0.3, 0.4) is 0 Å². The van der Waals surface area contributed by atoms with Gasteiger partial charge in [0.05, 0.1) is 6.54 Å². The van der Waals surface area contributed by atoms with Crippen molar-refractivity contribution in [3.8, 4) is 0 Å². The number of nitrogens with zero attached hydrogens (tertiary/aromatic N) is 2. The third-order valence-electron chi connectivity index (χ3n) is 2.90. The number of hydrogen-bond acceptors (Lipinski definition) is 4. The molecule has 1 amide bonds. The second kappa shape index (κ2) is 4.09. The van der Waals surface area contributed by atoms with Crippen LogP contribution < -0.4 is 10.6 Å². The van der Waals surface area contributed by atoms with Gasteiger partial charge in [-0.2, -0.15) is 0 Å². The van der Waals surface area contributed by atoms with Gasteiger partial charge in [-0.25, -0.2) is 4.98 Å². The zero-order chi connectivity index (χ0) is 11.6. The summed E-state index contributed by atoms with van der Waals surface area (Å²) < 4.78 is 0. The molecule has 1 fully saturated rings. The van der Waals surface area contributed by atoms with Crippen molar-refractivity contribution in [1.29, 1.82) is 0 Å². The van der Waals surface area contributed by atoms with Crippen LogP contribution in [0.15, 0.2) is 24.4 Å². The van der Waals surface area contributed by atoms with Crippen molar-refractivity contribution in [2.24, 2.45) is 5.73 Å². The minimum absolute atomic E-state index is 0.222. The molecule has 0 aromatic carbocycles. The molecule has 3 N–H and O–H groups in total. The van der Waals surface area contributed by atoms with Crippen molar-refractivity contribution < 1.29 is 9.90 Å². The molecule has 5 heteroatoms. The number of hydrogen-bond donors (Lipinski definition) is 2. The zero-order valence-electron chi connectivity index (χ0n) is 8.97. The highest BCUT2D eigenvalue weighted by Gasteiger charge is 2.38. The van der Waals surface area contributed by atoms with E-state index in [4.69, 9.17) is 5.73 Å². The van der Waals surface area contributed by atoms with E-state index in [0.29, 0.717) is 6.42 Å². The molecule has 0 saturated carbocycles. The van der Waals surface area contributed by atoms with Gasteiger partial charge in [-0.3, -0.25) is 4.79 Å². The number of primary amides is 1. The molecule has 86 valence electrons. The van der Waals surface area contributed by atoms with Gasteiger partial charge in [0.1, 0.15) is 5.82 Å². The van der Waals surface area contributed by atoms with Gasteiger partial charge in [0, 0.05) is 12.7 Å². The standard InChI is InChI=1S/C11H15N3O2/c12-10(15)11(16)5-3-7-14(8-11)9-4-1-2-6-13-9/h1-2,4,6,16H,3,5,7-8H2,(H2,12,15)/t11-/m0/s1. The third kappa shape index (κ3) is 1.99. The fourth-order valence-corrected chi connectivity index (χ4v) is 1.97. The second-order valence-corrected chi connectivity index (χ2v) is 4.11. The molecule has 0 radical (unpaired) electrons. The molecule has 0 unspecified atom stereocenters. The van der Waals surface area contributed by atoms with Gasteiger partial charge in [-0.15, -0.1) is 0 Å². The summed E-state index contributed by atoms with van der Waals surface area (Å²) in [6.45, 7) is 1.01. The molecule has 1 saturated heterocycles. The van der Waals surface area contributed by atoms with Crippen LogP contribution in [0.25, 0.3) is 0 Å². The number of amides is 1. The summed E-state index contributed by atoms with van der Waals surface area (Å²) in [5.41, 5.74) is 3.78. The summed E-state index contributed by atoms with van der Waals surface area (Å²) in [6.07, 6.45) is 2.84. The highest BCUT2D eigenvalue weighted by molar-refractivity contribution is 5.84. The number of carbonyl (C=O) groups is 1. The first-order chi connectivity index (χ1) is 7.62. The highest BCUT2D eigenvalue weighted by atomic mass is 16.3. The van der Waals surface area contributed by atoms with Crippen molar-refractivity contribution in [2.45, 2.75) is 18.4 Å². The van der Waals surface area contributed by atoms with Crippen molar-refractivity contribution in [3.05, 3.63) is 24.4 Å². The summed E-state index contributed by atoms with van der Waals surface area (Å²) >= 11 is 0. The fraction of sp³-hybridized carbons (Fsp3) is 0.455. The Bertz CT molecular complexity index is 382. The lowest BCUT2D eigenvalue weighted by molar-refractivity contribution is -0.137. The van der Waals surface area contributed by atoms with Gasteiger partial charge in [0.25, 0.3) is 5.91 Å². The molecule has 5 nitrogen and oxygen atoms in total. The van der Waals surface area contributed by atoms with E-state index in [0.717, 1.165) is 18.8 Å². The smallest absolute Gasteiger partial charge is 0.251 e. The maximum Gasteiger partial charge on any atom is 0.251 e. The third-order valence-corrected chi connectivity index (χ3v) is 2.90. The zero-order valence-corrected chi connectivity index (χ0v) is 8.97. The van der Waals surface area contributed by atoms with Gasteiger partial charge < -0.3 is 15.7 Å². The van der Waals surface area contributed by atoms with Gasteiger partial charge >= 0.3 is 0 Å². The van der Waals surface area contributed by atoms with E-state index >= 15 is 0 Å². The normalized spacial score (nSPS) is 25.4. The molecule has 0 aliphatic carbocycles. The Hall–Kier alpha value is -1.62. The van der Waals surface area contributed by atoms with Gasteiger partial charge in [0.2, 0.25) is 0 Å². The Kier molecular flexibility index (Phi) is 2.78. The van der Waals surface area contributed by atoms with Crippen LogP contribution in [0.1, 0.15) is 12.8 Å². The lowest BCUT2D eigenvalue weighted by atomic mass is 9.92. The Morgan fingerprint density at radius 3 is 3.00 bits per heavy atom. The van der Waals surface area contributed by atoms with Crippen molar-refractivity contribution >= 4 is 11.7 Å². The summed E-state index contributed by atoms with van der Waals surface area (Å²) in [6, 6.07) is 5.56. The minimum Gasteiger partial charge on any atom is -0.378 e. The van der Waals surface area contributed by atoms with Crippen LogP contribution >= 0.6 is 0 Å². The molecule has 1 atom stereocenters. The minimum atomic E-state index is -1.42. The molecule has 0 bridgehead atoms. The Morgan fingerprint density at radius 1 is 1.56 bits per heavy atom.